The summed E-state index contributed by atoms with van der Waals surface area (Å²) < 4.78 is 7.81. The van der Waals surface area contributed by atoms with Crippen LogP contribution in [0.25, 0.3) is 11.4 Å². The first-order valence-electron chi connectivity index (χ1n) is 8.20. The summed E-state index contributed by atoms with van der Waals surface area (Å²) in [6.45, 7) is 3.99. The molecule has 134 valence electrons. The minimum atomic E-state index is 0.105. The van der Waals surface area contributed by atoms with E-state index in [1.165, 1.54) is 4.90 Å². The third-order valence-corrected chi connectivity index (χ3v) is 4.56. The van der Waals surface area contributed by atoms with Crippen molar-refractivity contribution in [2.75, 3.05) is 6.26 Å². The lowest BCUT2D eigenvalue weighted by molar-refractivity contribution is 0.242. The zero-order valence-electron chi connectivity index (χ0n) is 14.8. The smallest absolute Gasteiger partial charge is 0.216 e. The van der Waals surface area contributed by atoms with Crippen molar-refractivity contribution in [1.82, 2.24) is 14.9 Å². The van der Waals surface area contributed by atoms with Gasteiger partial charge in [-0.1, -0.05) is 24.3 Å². The maximum absolute atomic E-state index is 5.76. The van der Waals surface area contributed by atoms with Crippen molar-refractivity contribution < 1.29 is 4.74 Å². The lowest BCUT2D eigenvalue weighted by Gasteiger charge is -2.10. The van der Waals surface area contributed by atoms with Crippen molar-refractivity contribution in [3.05, 3.63) is 58.9 Å². The highest BCUT2D eigenvalue weighted by Gasteiger charge is 2.09. The van der Waals surface area contributed by atoms with Crippen molar-refractivity contribution >= 4 is 30.2 Å². The fourth-order valence-corrected chi connectivity index (χ4v) is 2.97. The maximum Gasteiger partial charge on any atom is 0.216 e. The molecule has 0 saturated heterocycles. The van der Waals surface area contributed by atoms with Gasteiger partial charge >= 0.3 is 0 Å². The van der Waals surface area contributed by atoms with Crippen LogP contribution in [0.1, 0.15) is 19.4 Å². The molecule has 5 nitrogen and oxygen atoms in total. The quantitative estimate of drug-likeness (QED) is 0.369. The van der Waals surface area contributed by atoms with E-state index in [9.17, 15) is 0 Å². The molecule has 0 atom stereocenters. The average molecular weight is 385 g/mol. The number of aromatic nitrogens is 3. The van der Waals surface area contributed by atoms with E-state index in [2.05, 4.69) is 33.7 Å². The number of H-pyrrole nitrogens is 1. The Morgan fingerprint density at radius 2 is 2.00 bits per heavy atom. The predicted octanol–water partition coefficient (Wildman–Crippen LogP) is 5.00. The predicted molar refractivity (Wildman–Crippen MR) is 110 cm³/mol. The second-order valence-corrected chi connectivity index (χ2v) is 7.14. The van der Waals surface area contributed by atoms with Gasteiger partial charge in [0.2, 0.25) is 4.77 Å². The zero-order chi connectivity index (χ0) is 18.5. The van der Waals surface area contributed by atoms with E-state index in [1.807, 2.05) is 50.2 Å². The van der Waals surface area contributed by atoms with Crippen LogP contribution in [0.4, 0.5) is 0 Å². The highest BCUT2D eigenvalue weighted by Crippen LogP contribution is 2.23. The van der Waals surface area contributed by atoms with E-state index in [0.717, 1.165) is 16.9 Å². The van der Waals surface area contributed by atoms with Crippen LogP contribution in [0, 0.1) is 4.77 Å². The third kappa shape index (κ3) is 4.42. The number of benzene rings is 2. The van der Waals surface area contributed by atoms with Crippen LogP contribution in [-0.2, 0) is 0 Å². The van der Waals surface area contributed by atoms with E-state index in [-0.39, 0.29) is 6.10 Å². The third-order valence-electron chi connectivity index (χ3n) is 3.55. The van der Waals surface area contributed by atoms with Gasteiger partial charge in [-0.3, -0.25) is 0 Å². The summed E-state index contributed by atoms with van der Waals surface area (Å²) in [5, 5.41) is 11.6. The number of thioether (sulfide) groups is 1. The summed E-state index contributed by atoms with van der Waals surface area (Å²) in [5.41, 5.74) is 1.87. The van der Waals surface area contributed by atoms with Gasteiger partial charge in [0.1, 0.15) is 5.75 Å². The lowest BCUT2D eigenvalue weighted by Crippen LogP contribution is -2.05. The lowest BCUT2D eigenvalue weighted by atomic mass is 10.2. The summed E-state index contributed by atoms with van der Waals surface area (Å²) >= 11 is 7.03. The van der Waals surface area contributed by atoms with E-state index in [1.54, 1.807) is 22.7 Å². The van der Waals surface area contributed by atoms with Gasteiger partial charge in [0.15, 0.2) is 5.82 Å². The Morgan fingerprint density at radius 1 is 1.23 bits per heavy atom. The van der Waals surface area contributed by atoms with Gasteiger partial charge in [-0.15, -0.1) is 11.8 Å². The van der Waals surface area contributed by atoms with Gasteiger partial charge in [-0.2, -0.15) is 14.9 Å². The van der Waals surface area contributed by atoms with E-state index in [4.69, 9.17) is 17.0 Å². The van der Waals surface area contributed by atoms with Crippen LogP contribution >= 0.6 is 24.0 Å². The molecule has 26 heavy (non-hydrogen) atoms. The fourth-order valence-electron chi connectivity index (χ4n) is 2.38. The molecular formula is C19H20N4OS2. The zero-order valence-corrected chi connectivity index (χ0v) is 16.5. The first-order valence-corrected chi connectivity index (χ1v) is 9.83. The van der Waals surface area contributed by atoms with E-state index >= 15 is 0 Å². The van der Waals surface area contributed by atoms with E-state index in [0.29, 0.717) is 10.6 Å². The topological polar surface area (TPSA) is 55.2 Å². The van der Waals surface area contributed by atoms with Crippen LogP contribution in [0.2, 0.25) is 0 Å². The van der Waals surface area contributed by atoms with Crippen molar-refractivity contribution in [1.29, 1.82) is 0 Å². The minimum Gasteiger partial charge on any atom is -0.491 e. The van der Waals surface area contributed by atoms with Crippen molar-refractivity contribution in [2.45, 2.75) is 24.8 Å². The van der Waals surface area contributed by atoms with E-state index < -0.39 is 0 Å². The Kier molecular flexibility index (Phi) is 5.90. The molecule has 0 fully saturated rings. The maximum atomic E-state index is 5.76. The normalized spacial score (nSPS) is 11.4. The van der Waals surface area contributed by atoms with Crippen LogP contribution < -0.4 is 4.74 Å². The Hall–Kier alpha value is -2.38. The van der Waals surface area contributed by atoms with Crippen molar-refractivity contribution in [3.63, 3.8) is 0 Å². The Bertz CT molecular complexity index is 958. The minimum absolute atomic E-state index is 0.105. The van der Waals surface area contributed by atoms with Gasteiger partial charge in [0, 0.05) is 10.5 Å². The molecule has 1 aromatic heterocycles. The number of ether oxygens (including phenoxy) is 1. The van der Waals surface area contributed by atoms with Gasteiger partial charge in [-0.05, 0) is 62.2 Å². The van der Waals surface area contributed by atoms with Crippen molar-refractivity contribution in [2.24, 2.45) is 5.10 Å². The Labute approximate surface area is 162 Å². The molecule has 0 radical (unpaired) electrons. The molecule has 1 heterocycles. The van der Waals surface area contributed by atoms with Crippen LogP contribution in [0.3, 0.4) is 0 Å². The number of nitrogens with zero attached hydrogens (tertiary/aromatic N) is 3. The molecule has 0 amide bonds. The monoisotopic (exact) mass is 384 g/mol. The first kappa shape index (κ1) is 18.4. The summed E-state index contributed by atoms with van der Waals surface area (Å²) in [7, 11) is 0. The van der Waals surface area contributed by atoms with Crippen molar-refractivity contribution in [3.8, 4) is 17.1 Å². The number of hydrogen-bond acceptors (Lipinski definition) is 5. The molecule has 1 N–H and O–H groups in total. The number of hydrogen-bond donors (Lipinski definition) is 1. The largest absolute Gasteiger partial charge is 0.491 e. The standard InChI is InChI=1S/C19H20N4OS2/c1-13(2)24-16-6-4-5-15(11-16)18-21-22-19(25)23(18)20-12-14-7-9-17(26-3)10-8-14/h4-13H,1-3H3,(H,22,25)/b20-12+. The van der Waals surface area contributed by atoms with Gasteiger partial charge < -0.3 is 4.74 Å². The summed E-state index contributed by atoms with van der Waals surface area (Å²) in [6.07, 6.45) is 3.93. The fraction of sp³-hybridized carbons (Fsp3) is 0.211. The Morgan fingerprint density at radius 3 is 2.69 bits per heavy atom. The second-order valence-electron chi connectivity index (χ2n) is 5.88. The molecule has 0 bridgehead atoms. The molecule has 2 aromatic carbocycles. The molecule has 0 aliphatic heterocycles. The molecule has 3 aromatic rings. The molecule has 0 saturated carbocycles. The summed E-state index contributed by atoms with van der Waals surface area (Å²) in [4.78, 5) is 1.21. The Balaban J connectivity index is 1.91. The molecule has 0 spiro atoms. The molecule has 0 aliphatic rings. The second kappa shape index (κ2) is 8.33. The van der Waals surface area contributed by atoms with Gasteiger partial charge in [0.05, 0.1) is 12.3 Å². The van der Waals surface area contributed by atoms with Gasteiger partial charge in [0.25, 0.3) is 0 Å². The van der Waals surface area contributed by atoms with Crippen LogP contribution in [-0.4, -0.2) is 33.4 Å². The number of aromatic amines is 1. The first-order chi connectivity index (χ1) is 12.6. The molecular weight excluding hydrogens is 364 g/mol. The number of rotatable bonds is 6. The SMILES string of the molecule is CSc1ccc(/C=N/n2c(-c3cccc(OC(C)C)c3)n[nH]c2=S)cc1. The number of nitrogens with one attached hydrogen (secondary N) is 1. The molecule has 3 rings (SSSR count). The highest BCUT2D eigenvalue weighted by molar-refractivity contribution is 7.98. The summed E-state index contributed by atoms with van der Waals surface area (Å²) in [6, 6.07) is 15.9. The van der Waals surface area contributed by atoms with Crippen LogP contribution in [0.15, 0.2) is 58.5 Å². The molecule has 7 heteroatoms. The molecule has 0 unspecified atom stereocenters. The van der Waals surface area contributed by atoms with Gasteiger partial charge in [-0.25, -0.2) is 5.10 Å². The average Bonchev–Trinajstić information content (AvgIpc) is 3.01. The van der Waals surface area contributed by atoms with Crippen LogP contribution in [0.5, 0.6) is 5.75 Å². The highest BCUT2D eigenvalue weighted by atomic mass is 32.2. The molecule has 0 aliphatic carbocycles. The summed E-state index contributed by atoms with van der Waals surface area (Å²) in [5.74, 6) is 1.43.